The van der Waals surface area contributed by atoms with Crippen LogP contribution in [0.2, 0.25) is 0 Å². The molecule has 15 heteroatoms. The third kappa shape index (κ3) is 7.37. The highest BCUT2D eigenvalue weighted by Crippen LogP contribution is 2.43. The zero-order valence-corrected chi connectivity index (χ0v) is 32.5. The first kappa shape index (κ1) is 35.3. The number of methoxy groups -OCH3 is 1. The normalized spacial score (nSPS) is 19.2. The lowest BCUT2D eigenvalue weighted by atomic mass is 9.98. The molecule has 8 rings (SSSR count). The molecule has 2 aromatic heterocycles. The van der Waals surface area contributed by atoms with Crippen molar-refractivity contribution in [3.8, 4) is 5.75 Å². The van der Waals surface area contributed by atoms with Crippen molar-refractivity contribution in [1.29, 1.82) is 0 Å². The van der Waals surface area contributed by atoms with Crippen LogP contribution in [-0.2, 0) is 16.4 Å². The van der Waals surface area contributed by atoms with Crippen LogP contribution in [0.1, 0.15) is 44.1 Å². The Balaban J connectivity index is 1.06. The van der Waals surface area contributed by atoms with Gasteiger partial charge in [0, 0.05) is 82.7 Å². The average molecular weight is 792 g/mol. The second-order valence-corrected chi connectivity index (χ2v) is 17.7. The van der Waals surface area contributed by atoms with E-state index in [1.165, 1.54) is 41.2 Å². The first-order valence-electron chi connectivity index (χ1n) is 18.3. The summed E-state index contributed by atoms with van der Waals surface area (Å²) >= 11 is 3.61. The maximum atomic E-state index is 13.4. The summed E-state index contributed by atoms with van der Waals surface area (Å²) in [5.41, 5.74) is 5.44. The first-order chi connectivity index (χ1) is 25.2. The number of benzene rings is 2. The highest BCUT2D eigenvalue weighted by molar-refractivity contribution is 9.10. The van der Waals surface area contributed by atoms with Gasteiger partial charge in [0.25, 0.3) is 0 Å². The van der Waals surface area contributed by atoms with Gasteiger partial charge in [0.05, 0.1) is 33.7 Å². The number of rotatable bonds is 12. The number of piperidine rings is 1. The fraction of sp³-hybridized carbons (Fsp3) is 0.514. The smallest absolute Gasteiger partial charge is 0.237 e. The van der Waals surface area contributed by atoms with Crippen molar-refractivity contribution >= 4 is 71.5 Å². The Bertz CT molecular complexity index is 2050. The summed E-state index contributed by atoms with van der Waals surface area (Å²) < 4.78 is 34.8. The number of halogens is 1. The molecule has 4 fully saturated rings. The van der Waals surface area contributed by atoms with E-state index < -0.39 is 10.0 Å². The SMILES string of the molecule is COc1cc(N2CCC(N3CCN(C)CC3)CC2)c(CC2CC2)cc1Nc1ncc(Br)c(Nc2ccc3nccnc3c2N(C)S(=O)(=O)C2CC2)n1. The fourth-order valence-electron chi connectivity index (χ4n) is 7.55. The molecular weight excluding hydrogens is 744 g/mol. The number of ether oxygens (including phenoxy) is 1. The molecule has 276 valence electrons. The van der Waals surface area contributed by atoms with E-state index >= 15 is 0 Å². The van der Waals surface area contributed by atoms with Crippen LogP contribution in [-0.4, -0.2) is 110 Å². The van der Waals surface area contributed by atoms with E-state index in [1.807, 2.05) is 12.1 Å². The Labute approximate surface area is 314 Å². The van der Waals surface area contributed by atoms with Gasteiger partial charge in [-0.3, -0.25) is 19.2 Å². The quantitative estimate of drug-likeness (QED) is 0.181. The van der Waals surface area contributed by atoms with Crippen LogP contribution in [0.4, 0.5) is 34.5 Å². The number of hydrogen-bond donors (Lipinski definition) is 2. The Kier molecular flexibility index (Phi) is 9.87. The highest BCUT2D eigenvalue weighted by atomic mass is 79.9. The van der Waals surface area contributed by atoms with E-state index in [-0.39, 0.29) is 5.25 Å². The van der Waals surface area contributed by atoms with Crippen molar-refractivity contribution in [2.24, 2.45) is 5.92 Å². The Morgan fingerprint density at radius 2 is 1.67 bits per heavy atom. The van der Waals surface area contributed by atoms with Crippen LogP contribution in [0.25, 0.3) is 11.0 Å². The van der Waals surface area contributed by atoms with E-state index in [2.05, 4.69) is 75.4 Å². The maximum Gasteiger partial charge on any atom is 0.237 e. The topological polar surface area (TPSA) is 132 Å². The van der Waals surface area contributed by atoms with Gasteiger partial charge < -0.3 is 25.2 Å². The molecule has 4 aromatic rings. The molecule has 0 radical (unpaired) electrons. The highest BCUT2D eigenvalue weighted by Gasteiger charge is 2.40. The monoisotopic (exact) mass is 790 g/mol. The predicted molar refractivity (Wildman–Crippen MR) is 210 cm³/mol. The minimum Gasteiger partial charge on any atom is -0.494 e. The molecule has 0 unspecified atom stereocenters. The zero-order valence-electron chi connectivity index (χ0n) is 30.1. The van der Waals surface area contributed by atoms with E-state index in [0.717, 1.165) is 57.1 Å². The van der Waals surface area contributed by atoms with Gasteiger partial charge >= 0.3 is 0 Å². The molecule has 2 saturated heterocycles. The summed E-state index contributed by atoms with van der Waals surface area (Å²) in [5.74, 6) is 2.30. The van der Waals surface area contributed by atoms with Gasteiger partial charge in [-0.25, -0.2) is 13.4 Å². The standard InChI is InChI=1S/C37H47BrN10O3S/c1-45-16-18-47(19-17-45)26-10-14-48(15-11-26)32-22-33(51-3)31(21-25(32)20-24-4-5-24)43-37-41-23-28(38)36(44-37)42-30-9-8-29-34(40-13-12-39-29)35(30)46(2)52(49,50)27-6-7-27/h8-9,12-13,21-24,26-27H,4-7,10-11,14-20H2,1-3H3,(H2,41,42,43,44). The lowest BCUT2D eigenvalue weighted by Gasteiger charge is -2.43. The molecule has 0 atom stereocenters. The van der Waals surface area contributed by atoms with Crippen LogP contribution in [0.5, 0.6) is 5.75 Å². The third-order valence-electron chi connectivity index (χ3n) is 11.0. The molecule has 52 heavy (non-hydrogen) atoms. The van der Waals surface area contributed by atoms with Crippen LogP contribution in [0.15, 0.2) is 47.3 Å². The number of nitrogens with one attached hydrogen (secondary N) is 2. The van der Waals surface area contributed by atoms with Gasteiger partial charge in [-0.05, 0) is 97.6 Å². The van der Waals surface area contributed by atoms with Gasteiger partial charge in [-0.2, -0.15) is 4.98 Å². The van der Waals surface area contributed by atoms with Gasteiger partial charge in [0.15, 0.2) is 0 Å². The summed E-state index contributed by atoms with van der Waals surface area (Å²) in [6.07, 6.45) is 12.1. The van der Waals surface area contributed by atoms with E-state index in [9.17, 15) is 8.42 Å². The van der Waals surface area contributed by atoms with Crippen LogP contribution < -0.4 is 24.6 Å². The van der Waals surface area contributed by atoms with Crippen LogP contribution in [0.3, 0.4) is 0 Å². The minimum absolute atomic E-state index is 0.378. The summed E-state index contributed by atoms with van der Waals surface area (Å²) in [4.78, 5) is 26.1. The molecule has 13 nitrogen and oxygen atoms in total. The van der Waals surface area contributed by atoms with Crippen molar-refractivity contribution in [1.82, 2.24) is 29.7 Å². The summed E-state index contributed by atoms with van der Waals surface area (Å²) in [7, 11) is 1.93. The first-order valence-corrected chi connectivity index (χ1v) is 20.6. The molecule has 2 aliphatic carbocycles. The number of anilines is 6. The van der Waals surface area contributed by atoms with Crippen molar-refractivity contribution in [3.63, 3.8) is 0 Å². The van der Waals surface area contributed by atoms with Crippen LogP contribution in [0, 0.1) is 5.92 Å². The average Bonchev–Trinajstić information content (AvgIpc) is 4.09. The molecule has 0 bridgehead atoms. The fourth-order valence-corrected chi connectivity index (χ4v) is 9.46. The number of hydrogen-bond acceptors (Lipinski definition) is 12. The largest absolute Gasteiger partial charge is 0.494 e. The third-order valence-corrected chi connectivity index (χ3v) is 13.8. The second kappa shape index (κ2) is 14.6. The molecule has 4 aliphatic rings. The number of likely N-dealkylation sites (N-methyl/N-ethyl adjacent to an activating group) is 1. The molecule has 2 aliphatic heterocycles. The number of nitrogens with zero attached hydrogens (tertiary/aromatic N) is 8. The van der Waals surface area contributed by atoms with Crippen molar-refractivity contribution in [2.75, 3.05) is 80.3 Å². The maximum absolute atomic E-state index is 13.4. The lowest BCUT2D eigenvalue weighted by molar-refractivity contribution is 0.0982. The van der Waals surface area contributed by atoms with Gasteiger partial charge in [-0.15, -0.1) is 0 Å². The number of sulfonamides is 1. The second-order valence-electron chi connectivity index (χ2n) is 14.6. The molecule has 0 spiro atoms. The number of aromatic nitrogens is 4. The minimum atomic E-state index is -3.57. The van der Waals surface area contributed by atoms with Crippen molar-refractivity contribution < 1.29 is 13.2 Å². The van der Waals surface area contributed by atoms with Gasteiger partial charge in [-0.1, -0.05) is 0 Å². The zero-order chi connectivity index (χ0) is 36.0. The summed E-state index contributed by atoms with van der Waals surface area (Å²) in [6.45, 7) is 6.70. The van der Waals surface area contributed by atoms with Crippen LogP contribution >= 0.6 is 15.9 Å². The molecule has 2 N–H and O–H groups in total. The molecule has 0 amide bonds. The Morgan fingerprint density at radius 3 is 2.38 bits per heavy atom. The molecule has 2 aromatic carbocycles. The summed E-state index contributed by atoms with van der Waals surface area (Å²) in [6, 6.07) is 8.69. The molecule has 4 heterocycles. The molecular formula is C37H47BrN10O3S. The Hall–Kier alpha value is -3.79. The summed E-state index contributed by atoms with van der Waals surface area (Å²) in [5, 5.41) is 6.43. The predicted octanol–water partition coefficient (Wildman–Crippen LogP) is 5.78. The van der Waals surface area contributed by atoms with E-state index in [1.54, 1.807) is 32.7 Å². The Morgan fingerprint density at radius 1 is 0.923 bits per heavy atom. The van der Waals surface area contributed by atoms with E-state index in [0.29, 0.717) is 63.4 Å². The number of fused-ring (bicyclic) bond motifs is 1. The van der Waals surface area contributed by atoms with E-state index in [4.69, 9.17) is 9.72 Å². The molecule has 2 saturated carbocycles. The van der Waals surface area contributed by atoms with Crippen molar-refractivity contribution in [2.45, 2.75) is 56.2 Å². The van der Waals surface area contributed by atoms with Crippen molar-refractivity contribution in [3.05, 3.63) is 52.9 Å². The number of piperazine rings is 1. The van der Waals surface area contributed by atoms with Gasteiger partial charge in [0.2, 0.25) is 16.0 Å². The lowest BCUT2D eigenvalue weighted by Crippen LogP contribution is -2.52. The van der Waals surface area contributed by atoms with Gasteiger partial charge in [0.1, 0.15) is 22.8 Å².